The summed E-state index contributed by atoms with van der Waals surface area (Å²) in [5.74, 6) is -0.344. The van der Waals surface area contributed by atoms with Crippen molar-refractivity contribution in [2.75, 3.05) is 26.2 Å². The molecule has 0 aliphatic carbocycles. The molecule has 0 saturated heterocycles. The first kappa shape index (κ1) is 24.1. The maximum atomic E-state index is 12.4. The van der Waals surface area contributed by atoms with Crippen LogP contribution < -0.4 is 22.1 Å². The van der Waals surface area contributed by atoms with Gasteiger partial charge in [0.15, 0.2) is 0 Å². The standard InChI is InChI=1S/C24H24Br2N4O2/c25-21-11-17(9-19(13-21)23(31)29-6-4-27)15-2-1-3-16(8-15)18-10-20(14-22(26)12-18)24(32)30-7-5-28/h1-3,8-14H,4-7,27-28H2,(H,29,31)(H,30,32). The summed E-state index contributed by atoms with van der Waals surface area (Å²) in [5.41, 5.74) is 15.8. The van der Waals surface area contributed by atoms with Gasteiger partial charge in [0.1, 0.15) is 0 Å². The Bertz CT molecular complexity index is 1050. The minimum absolute atomic E-state index is 0.172. The highest BCUT2D eigenvalue weighted by molar-refractivity contribution is 9.10. The molecule has 0 aliphatic rings. The molecule has 0 bridgehead atoms. The zero-order valence-corrected chi connectivity index (χ0v) is 20.5. The zero-order valence-electron chi connectivity index (χ0n) is 17.3. The molecular weight excluding hydrogens is 536 g/mol. The fourth-order valence-corrected chi connectivity index (χ4v) is 4.22. The Morgan fingerprint density at radius 3 is 1.50 bits per heavy atom. The molecule has 0 atom stereocenters. The van der Waals surface area contributed by atoms with Crippen LogP contribution in [0.4, 0.5) is 0 Å². The van der Waals surface area contributed by atoms with E-state index in [0.29, 0.717) is 37.3 Å². The molecule has 6 nitrogen and oxygen atoms in total. The average molecular weight is 560 g/mol. The van der Waals surface area contributed by atoms with Crippen molar-refractivity contribution in [3.63, 3.8) is 0 Å². The maximum Gasteiger partial charge on any atom is 0.251 e. The molecule has 0 saturated carbocycles. The lowest BCUT2D eigenvalue weighted by molar-refractivity contribution is 0.0946. The molecule has 3 aromatic rings. The molecule has 3 aromatic carbocycles. The summed E-state index contributed by atoms with van der Waals surface area (Å²) in [5, 5.41) is 5.59. The predicted octanol–water partition coefficient (Wildman–Crippen LogP) is 3.92. The summed E-state index contributed by atoms with van der Waals surface area (Å²) in [7, 11) is 0. The highest BCUT2D eigenvalue weighted by atomic mass is 79.9. The minimum atomic E-state index is -0.172. The van der Waals surface area contributed by atoms with E-state index in [0.717, 1.165) is 31.2 Å². The van der Waals surface area contributed by atoms with Crippen molar-refractivity contribution in [2.45, 2.75) is 0 Å². The maximum absolute atomic E-state index is 12.4. The molecular formula is C24H24Br2N4O2. The summed E-state index contributed by atoms with van der Waals surface area (Å²) in [6, 6.07) is 19.1. The Kier molecular flexibility index (Phi) is 8.58. The van der Waals surface area contributed by atoms with E-state index in [9.17, 15) is 9.59 Å². The van der Waals surface area contributed by atoms with Gasteiger partial charge in [0.2, 0.25) is 0 Å². The number of nitrogens with two attached hydrogens (primary N) is 2. The van der Waals surface area contributed by atoms with Crippen LogP contribution in [0.5, 0.6) is 0 Å². The van der Waals surface area contributed by atoms with Gasteiger partial charge in [0.05, 0.1) is 0 Å². The Morgan fingerprint density at radius 2 is 1.09 bits per heavy atom. The number of hydrogen-bond acceptors (Lipinski definition) is 4. The van der Waals surface area contributed by atoms with Crippen LogP contribution in [0.15, 0.2) is 69.6 Å². The average Bonchev–Trinajstić information content (AvgIpc) is 2.80. The molecule has 6 N–H and O–H groups in total. The summed E-state index contributed by atoms with van der Waals surface area (Å²) in [4.78, 5) is 24.8. The second-order valence-electron chi connectivity index (χ2n) is 7.13. The molecule has 166 valence electrons. The van der Waals surface area contributed by atoms with Crippen LogP contribution in [-0.2, 0) is 0 Å². The third-order valence-corrected chi connectivity index (χ3v) is 5.62. The van der Waals surface area contributed by atoms with Gasteiger partial charge in [-0.2, -0.15) is 0 Å². The van der Waals surface area contributed by atoms with E-state index >= 15 is 0 Å². The van der Waals surface area contributed by atoms with E-state index in [1.807, 2.05) is 48.5 Å². The van der Waals surface area contributed by atoms with Crippen LogP contribution >= 0.6 is 31.9 Å². The molecule has 0 fully saturated rings. The van der Waals surface area contributed by atoms with Crippen LogP contribution in [0.2, 0.25) is 0 Å². The number of carbonyl (C=O) groups excluding carboxylic acids is 2. The fourth-order valence-electron chi connectivity index (χ4n) is 3.23. The highest BCUT2D eigenvalue weighted by Gasteiger charge is 2.12. The summed E-state index contributed by atoms with van der Waals surface area (Å²) < 4.78 is 1.61. The fraction of sp³-hybridized carbons (Fsp3) is 0.167. The third kappa shape index (κ3) is 6.26. The van der Waals surface area contributed by atoms with Crippen LogP contribution in [0.3, 0.4) is 0 Å². The first-order chi connectivity index (χ1) is 15.4. The Hall–Kier alpha value is -2.52. The number of rotatable bonds is 8. The molecule has 0 aliphatic heterocycles. The molecule has 8 heteroatoms. The minimum Gasteiger partial charge on any atom is -0.351 e. The summed E-state index contributed by atoms with van der Waals surface area (Å²) in [6.07, 6.45) is 0. The van der Waals surface area contributed by atoms with Crippen molar-refractivity contribution in [2.24, 2.45) is 11.5 Å². The number of benzene rings is 3. The second-order valence-corrected chi connectivity index (χ2v) is 8.96. The Balaban J connectivity index is 1.96. The molecule has 0 radical (unpaired) electrons. The molecule has 0 spiro atoms. The van der Waals surface area contributed by atoms with E-state index in [-0.39, 0.29) is 11.8 Å². The quantitative estimate of drug-likeness (QED) is 0.335. The van der Waals surface area contributed by atoms with Gasteiger partial charge in [0.25, 0.3) is 11.8 Å². The lowest BCUT2D eigenvalue weighted by Gasteiger charge is -2.11. The lowest BCUT2D eigenvalue weighted by atomic mass is 9.97. The van der Waals surface area contributed by atoms with E-state index < -0.39 is 0 Å². The normalized spacial score (nSPS) is 10.6. The molecule has 32 heavy (non-hydrogen) atoms. The topological polar surface area (TPSA) is 110 Å². The first-order valence-corrected chi connectivity index (χ1v) is 11.7. The van der Waals surface area contributed by atoms with Crippen molar-refractivity contribution < 1.29 is 9.59 Å². The monoisotopic (exact) mass is 558 g/mol. The Morgan fingerprint density at radius 1 is 0.656 bits per heavy atom. The number of amides is 2. The molecule has 0 heterocycles. The van der Waals surface area contributed by atoms with Crippen molar-refractivity contribution in [1.82, 2.24) is 10.6 Å². The van der Waals surface area contributed by atoms with E-state index in [1.165, 1.54) is 0 Å². The molecule has 0 aromatic heterocycles. The van der Waals surface area contributed by atoms with Crippen LogP contribution in [0.1, 0.15) is 20.7 Å². The van der Waals surface area contributed by atoms with Crippen molar-refractivity contribution >= 4 is 43.7 Å². The van der Waals surface area contributed by atoms with E-state index in [1.54, 1.807) is 12.1 Å². The first-order valence-electron chi connectivity index (χ1n) is 10.1. The molecule has 3 rings (SSSR count). The largest absolute Gasteiger partial charge is 0.351 e. The van der Waals surface area contributed by atoms with Gasteiger partial charge in [0, 0.05) is 46.3 Å². The third-order valence-electron chi connectivity index (χ3n) is 4.71. The van der Waals surface area contributed by atoms with Gasteiger partial charge < -0.3 is 22.1 Å². The van der Waals surface area contributed by atoms with Crippen LogP contribution in [0.25, 0.3) is 22.3 Å². The summed E-state index contributed by atoms with van der Waals surface area (Å²) >= 11 is 7.00. The number of carbonyl (C=O) groups is 2. The second kappa shape index (κ2) is 11.4. The van der Waals surface area contributed by atoms with Gasteiger partial charge in [-0.1, -0.05) is 50.1 Å². The van der Waals surface area contributed by atoms with Crippen LogP contribution in [0, 0.1) is 0 Å². The van der Waals surface area contributed by atoms with Crippen LogP contribution in [-0.4, -0.2) is 38.0 Å². The summed E-state index contributed by atoms with van der Waals surface area (Å²) in [6.45, 7) is 1.60. The number of halogens is 2. The van der Waals surface area contributed by atoms with Gasteiger partial charge in [-0.05, 0) is 64.7 Å². The van der Waals surface area contributed by atoms with E-state index in [4.69, 9.17) is 11.5 Å². The number of hydrogen-bond donors (Lipinski definition) is 4. The number of nitrogens with one attached hydrogen (secondary N) is 2. The van der Waals surface area contributed by atoms with Gasteiger partial charge in [-0.25, -0.2) is 0 Å². The van der Waals surface area contributed by atoms with Gasteiger partial charge in [-0.15, -0.1) is 0 Å². The highest BCUT2D eigenvalue weighted by Crippen LogP contribution is 2.31. The van der Waals surface area contributed by atoms with Crippen molar-refractivity contribution in [3.05, 3.63) is 80.7 Å². The Labute approximate surface area is 204 Å². The lowest BCUT2D eigenvalue weighted by Crippen LogP contribution is -2.29. The van der Waals surface area contributed by atoms with Gasteiger partial charge >= 0.3 is 0 Å². The zero-order chi connectivity index (χ0) is 23.1. The molecule has 0 unspecified atom stereocenters. The molecule has 2 amide bonds. The van der Waals surface area contributed by atoms with Gasteiger partial charge in [-0.3, -0.25) is 9.59 Å². The van der Waals surface area contributed by atoms with E-state index in [2.05, 4.69) is 42.5 Å². The smallest absolute Gasteiger partial charge is 0.251 e. The van der Waals surface area contributed by atoms with Crippen molar-refractivity contribution in [3.8, 4) is 22.3 Å². The SMILES string of the molecule is NCCNC(=O)c1cc(Br)cc(-c2cccc(-c3cc(Br)cc(C(=O)NCCN)c3)c2)c1. The predicted molar refractivity (Wildman–Crippen MR) is 135 cm³/mol. The van der Waals surface area contributed by atoms with Crippen molar-refractivity contribution in [1.29, 1.82) is 0 Å².